The van der Waals surface area contributed by atoms with Gasteiger partial charge in [-0.3, -0.25) is 9.78 Å². The fraction of sp³-hybridized carbons (Fsp3) is 0.474. The van der Waals surface area contributed by atoms with Crippen molar-refractivity contribution in [3.63, 3.8) is 0 Å². The highest BCUT2D eigenvalue weighted by atomic mass is 16.5. The van der Waals surface area contributed by atoms with Crippen LogP contribution < -0.4 is 5.32 Å². The van der Waals surface area contributed by atoms with Crippen LogP contribution in [0.3, 0.4) is 0 Å². The molecule has 2 heterocycles. The van der Waals surface area contributed by atoms with E-state index < -0.39 is 0 Å². The maximum absolute atomic E-state index is 12.7. The highest BCUT2D eigenvalue weighted by Gasteiger charge is 2.18. The van der Waals surface area contributed by atoms with E-state index in [4.69, 9.17) is 4.74 Å². The Hall–Kier alpha value is -1.94. The summed E-state index contributed by atoms with van der Waals surface area (Å²) >= 11 is 0. The number of ether oxygens (including phenoxy) is 1. The van der Waals surface area contributed by atoms with Crippen molar-refractivity contribution in [2.45, 2.75) is 33.6 Å². The van der Waals surface area contributed by atoms with Gasteiger partial charge in [-0.25, -0.2) is 0 Å². The van der Waals surface area contributed by atoms with E-state index in [-0.39, 0.29) is 5.91 Å². The van der Waals surface area contributed by atoms with Crippen molar-refractivity contribution in [2.24, 2.45) is 5.92 Å². The van der Waals surface area contributed by atoms with Crippen LogP contribution in [0.2, 0.25) is 0 Å². The number of rotatable bonds is 3. The average molecular weight is 312 g/mol. The number of carbonyl (C=O) groups is 1. The van der Waals surface area contributed by atoms with Crippen molar-refractivity contribution in [1.82, 2.24) is 10.3 Å². The predicted molar refractivity (Wildman–Crippen MR) is 91.8 cm³/mol. The van der Waals surface area contributed by atoms with Crippen LogP contribution in [0.15, 0.2) is 18.2 Å². The molecular formula is C19H24N2O2. The molecule has 1 aromatic carbocycles. The van der Waals surface area contributed by atoms with Gasteiger partial charge in [-0.1, -0.05) is 6.07 Å². The van der Waals surface area contributed by atoms with E-state index in [1.54, 1.807) is 0 Å². The zero-order valence-corrected chi connectivity index (χ0v) is 14.1. The molecule has 1 aromatic heterocycles. The number of aryl methyl sites for hydroxylation is 3. The number of nitrogens with zero attached hydrogens (tertiary/aromatic N) is 1. The third-order valence-corrected chi connectivity index (χ3v) is 4.52. The van der Waals surface area contributed by atoms with Crippen LogP contribution in [0.5, 0.6) is 0 Å². The van der Waals surface area contributed by atoms with Gasteiger partial charge in [0.15, 0.2) is 0 Å². The number of hydrogen-bond donors (Lipinski definition) is 1. The van der Waals surface area contributed by atoms with Crippen molar-refractivity contribution < 1.29 is 9.53 Å². The monoisotopic (exact) mass is 312 g/mol. The van der Waals surface area contributed by atoms with Gasteiger partial charge >= 0.3 is 0 Å². The molecule has 23 heavy (non-hydrogen) atoms. The first-order valence-corrected chi connectivity index (χ1v) is 8.29. The summed E-state index contributed by atoms with van der Waals surface area (Å²) in [7, 11) is 0. The number of benzene rings is 1. The Morgan fingerprint density at radius 1 is 1.22 bits per heavy atom. The lowest BCUT2D eigenvalue weighted by Gasteiger charge is -2.22. The molecule has 1 amide bonds. The third kappa shape index (κ3) is 3.53. The van der Waals surface area contributed by atoms with Gasteiger partial charge in [0, 0.05) is 30.8 Å². The fourth-order valence-corrected chi connectivity index (χ4v) is 3.35. The maximum atomic E-state index is 12.7. The molecule has 0 bridgehead atoms. The Morgan fingerprint density at radius 2 is 1.96 bits per heavy atom. The van der Waals surface area contributed by atoms with Crippen LogP contribution in [0.25, 0.3) is 10.9 Å². The van der Waals surface area contributed by atoms with E-state index in [0.29, 0.717) is 5.92 Å². The van der Waals surface area contributed by atoms with Gasteiger partial charge in [0.1, 0.15) is 0 Å². The minimum absolute atomic E-state index is 0.000977. The molecule has 0 radical (unpaired) electrons. The summed E-state index contributed by atoms with van der Waals surface area (Å²) in [6, 6.07) is 6.04. The van der Waals surface area contributed by atoms with Gasteiger partial charge in [0.2, 0.25) is 0 Å². The molecule has 1 N–H and O–H groups in total. The second-order valence-electron chi connectivity index (χ2n) is 6.55. The number of amides is 1. The molecule has 0 saturated carbocycles. The van der Waals surface area contributed by atoms with Crippen LogP contribution in [-0.4, -0.2) is 30.6 Å². The lowest BCUT2D eigenvalue weighted by atomic mass is 9.98. The van der Waals surface area contributed by atoms with Crippen LogP contribution in [0.1, 0.15) is 40.0 Å². The summed E-state index contributed by atoms with van der Waals surface area (Å²) in [5.74, 6) is 0.518. The average Bonchev–Trinajstić information content (AvgIpc) is 2.52. The molecule has 0 aliphatic carbocycles. The smallest absolute Gasteiger partial charge is 0.252 e. The van der Waals surface area contributed by atoms with Crippen LogP contribution >= 0.6 is 0 Å². The van der Waals surface area contributed by atoms with E-state index in [9.17, 15) is 4.79 Å². The van der Waals surface area contributed by atoms with Gasteiger partial charge in [0.05, 0.1) is 11.1 Å². The molecule has 3 rings (SSSR count). The van der Waals surface area contributed by atoms with Crippen molar-refractivity contribution in [2.75, 3.05) is 19.8 Å². The Labute approximate surface area is 137 Å². The Bertz CT molecular complexity index is 728. The minimum atomic E-state index is -0.000977. The topological polar surface area (TPSA) is 51.2 Å². The molecule has 1 aliphatic rings. The first kappa shape index (κ1) is 15.9. The molecule has 4 heteroatoms. The molecule has 4 nitrogen and oxygen atoms in total. The van der Waals surface area contributed by atoms with Crippen molar-refractivity contribution >= 4 is 16.8 Å². The molecular weight excluding hydrogens is 288 g/mol. The van der Waals surface area contributed by atoms with E-state index in [0.717, 1.165) is 60.3 Å². The largest absolute Gasteiger partial charge is 0.381 e. The van der Waals surface area contributed by atoms with Crippen LogP contribution in [0.4, 0.5) is 0 Å². The summed E-state index contributed by atoms with van der Waals surface area (Å²) in [6.45, 7) is 8.36. The lowest BCUT2D eigenvalue weighted by Crippen LogP contribution is -2.32. The number of carbonyl (C=O) groups excluding carboxylic acids is 1. The highest BCUT2D eigenvalue weighted by Crippen LogP contribution is 2.24. The first-order chi connectivity index (χ1) is 11.0. The van der Waals surface area contributed by atoms with Crippen molar-refractivity contribution in [3.05, 3.63) is 40.6 Å². The molecule has 0 spiro atoms. The number of pyridine rings is 1. The van der Waals surface area contributed by atoms with Gasteiger partial charge in [-0.2, -0.15) is 0 Å². The number of nitrogens with one attached hydrogen (secondary N) is 1. The van der Waals surface area contributed by atoms with E-state index >= 15 is 0 Å². The Morgan fingerprint density at radius 3 is 2.70 bits per heavy atom. The highest BCUT2D eigenvalue weighted by molar-refractivity contribution is 6.07. The second-order valence-corrected chi connectivity index (χ2v) is 6.55. The molecule has 0 atom stereocenters. The second kappa shape index (κ2) is 6.67. The van der Waals surface area contributed by atoms with Crippen LogP contribution in [0, 0.1) is 26.7 Å². The zero-order valence-electron chi connectivity index (χ0n) is 14.1. The Balaban J connectivity index is 1.87. The molecule has 1 saturated heterocycles. The summed E-state index contributed by atoms with van der Waals surface area (Å²) in [5.41, 5.74) is 4.78. The Kier molecular flexibility index (Phi) is 4.62. The summed E-state index contributed by atoms with van der Waals surface area (Å²) < 4.78 is 5.37. The zero-order chi connectivity index (χ0) is 16.4. The van der Waals surface area contributed by atoms with E-state index in [1.165, 1.54) is 5.56 Å². The lowest BCUT2D eigenvalue weighted by molar-refractivity contribution is 0.0643. The predicted octanol–water partition coefficient (Wildman–Crippen LogP) is 3.32. The van der Waals surface area contributed by atoms with Gasteiger partial charge in [-0.05, 0) is 62.8 Å². The number of fused-ring (bicyclic) bond motifs is 1. The van der Waals surface area contributed by atoms with Crippen molar-refractivity contribution in [3.8, 4) is 0 Å². The number of aromatic nitrogens is 1. The third-order valence-electron chi connectivity index (χ3n) is 4.52. The number of hydrogen-bond acceptors (Lipinski definition) is 3. The standard InChI is InChI=1S/C19H24N2O2/c1-12-8-13(2)18-16(10-14(3)21-17(18)9-12)19(22)20-11-15-4-6-23-7-5-15/h8-10,15H,4-7,11H2,1-3H3,(H,20,22). The fourth-order valence-electron chi connectivity index (χ4n) is 3.35. The summed E-state index contributed by atoms with van der Waals surface area (Å²) in [5, 5.41) is 4.07. The summed E-state index contributed by atoms with van der Waals surface area (Å²) in [6.07, 6.45) is 2.04. The first-order valence-electron chi connectivity index (χ1n) is 8.29. The van der Waals surface area contributed by atoms with Gasteiger partial charge < -0.3 is 10.1 Å². The van der Waals surface area contributed by atoms with E-state index in [1.807, 2.05) is 26.0 Å². The molecule has 122 valence electrons. The van der Waals surface area contributed by atoms with Gasteiger partial charge in [0.25, 0.3) is 5.91 Å². The minimum Gasteiger partial charge on any atom is -0.381 e. The quantitative estimate of drug-likeness (QED) is 0.946. The van der Waals surface area contributed by atoms with Crippen molar-refractivity contribution in [1.29, 1.82) is 0 Å². The van der Waals surface area contributed by atoms with Gasteiger partial charge in [-0.15, -0.1) is 0 Å². The SMILES string of the molecule is Cc1cc(C)c2c(C(=O)NCC3CCOCC3)cc(C)nc2c1. The van der Waals surface area contributed by atoms with Crippen LogP contribution in [-0.2, 0) is 4.74 Å². The maximum Gasteiger partial charge on any atom is 0.252 e. The molecule has 0 unspecified atom stereocenters. The summed E-state index contributed by atoms with van der Waals surface area (Å²) in [4.78, 5) is 17.3. The van der Waals surface area contributed by atoms with E-state index in [2.05, 4.69) is 23.3 Å². The normalized spacial score (nSPS) is 15.8. The molecule has 1 fully saturated rings. The molecule has 1 aliphatic heterocycles. The molecule has 2 aromatic rings.